The molecule has 0 unspecified atom stereocenters. The molecule has 28 heavy (non-hydrogen) atoms. The van der Waals surface area contributed by atoms with Crippen molar-refractivity contribution in [2.75, 3.05) is 31.5 Å². The van der Waals surface area contributed by atoms with Crippen molar-refractivity contribution in [3.05, 3.63) is 59.7 Å². The highest BCUT2D eigenvalue weighted by molar-refractivity contribution is 5.81. The fourth-order valence-electron chi connectivity index (χ4n) is 4.18. The van der Waals surface area contributed by atoms with Crippen LogP contribution in [-0.4, -0.2) is 41.3 Å². The topological polar surface area (TPSA) is 44.0 Å². The maximum Gasteiger partial charge on any atom is 0.0962 e. The molecule has 0 aliphatic heterocycles. The van der Waals surface area contributed by atoms with E-state index in [2.05, 4.69) is 82.8 Å². The molecule has 0 fully saturated rings. The Kier molecular flexibility index (Phi) is 5.77. The van der Waals surface area contributed by atoms with Crippen molar-refractivity contribution in [1.82, 2.24) is 15.1 Å². The Bertz CT molecular complexity index is 905. The molecular formula is C24H30N4. The Morgan fingerprint density at radius 2 is 1.71 bits per heavy atom. The SMILES string of the molecule is CCCN(CCC)CCNc1ccc(-c2n[nH]c3c2Cc2ccccc2-3)cc1. The van der Waals surface area contributed by atoms with E-state index >= 15 is 0 Å². The number of hydrogen-bond donors (Lipinski definition) is 2. The first-order valence-electron chi connectivity index (χ1n) is 10.5. The van der Waals surface area contributed by atoms with Crippen LogP contribution in [0.3, 0.4) is 0 Å². The summed E-state index contributed by atoms with van der Waals surface area (Å²) in [4.78, 5) is 2.53. The molecule has 2 N–H and O–H groups in total. The first kappa shape index (κ1) is 18.8. The molecule has 2 aromatic carbocycles. The van der Waals surface area contributed by atoms with Gasteiger partial charge in [-0.3, -0.25) is 5.10 Å². The van der Waals surface area contributed by atoms with Gasteiger partial charge in [-0.2, -0.15) is 5.10 Å². The number of anilines is 1. The molecule has 3 aromatic rings. The molecule has 1 aliphatic carbocycles. The molecule has 4 nitrogen and oxygen atoms in total. The average Bonchev–Trinajstić information content (AvgIpc) is 3.28. The second-order valence-corrected chi connectivity index (χ2v) is 7.61. The maximum absolute atomic E-state index is 4.61. The quantitative estimate of drug-likeness (QED) is 0.424. The summed E-state index contributed by atoms with van der Waals surface area (Å²) < 4.78 is 0. The average molecular weight is 375 g/mol. The summed E-state index contributed by atoms with van der Waals surface area (Å²) in [7, 11) is 0. The van der Waals surface area contributed by atoms with Gasteiger partial charge < -0.3 is 10.2 Å². The normalized spacial score (nSPS) is 12.2. The number of H-pyrrole nitrogens is 1. The van der Waals surface area contributed by atoms with Gasteiger partial charge in [0.25, 0.3) is 0 Å². The predicted octanol–water partition coefficient (Wildman–Crippen LogP) is 5.18. The summed E-state index contributed by atoms with van der Waals surface area (Å²) in [6.45, 7) is 8.93. The van der Waals surface area contributed by atoms with Crippen molar-refractivity contribution >= 4 is 5.69 Å². The first-order valence-corrected chi connectivity index (χ1v) is 10.5. The Labute approximate surface area is 168 Å². The van der Waals surface area contributed by atoms with E-state index < -0.39 is 0 Å². The standard InChI is InChI=1S/C24H30N4/c1-3-14-28(15-4-2)16-13-25-20-11-9-18(10-12-20)23-22-17-19-7-5-6-8-21(19)24(22)27-26-23/h5-12,25H,3-4,13-17H2,1-2H3,(H,26,27). The summed E-state index contributed by atoms with van der Waals surface area (Å²) in [6.07, 6.45) is 3.39. The predicted molar refractivity (Wildman–Crippen MR) is 118 cm³/mol. The molecule has 1 aromatic heterocycles. The maximum atomic E-state index is 4.61. The molecule has 0 amide bonds. The largest absolute Gasteiger partial charge is 0.384 e. The van der Waals surface area contributed by atoms with Crippen LogP contribution < -0.4 is 5.32 Å². The highest BCUT2D eigenvalue weighted by Gasteiger charge is 2.24. The number of aromatic amines is 1. The number of aromatic nitrogens is 2. The Morgan fingerprint density at radius 3 is 2.46 bits per heavy atom. The van der Waals surface area contributed by atoms with Gasteiger partial charge in [-0.05, 0) is 43.6 Å². The summed E-state index contributed by atoms with van der Waals surface area (Å²) in [5.74, 6) is 0. The van der Waals surface area contributed by atoms with E-state index in [0.717, 1.165) is 25.2 Å². The van der Waals surface area contributed by atoms with Crippen LogP contribution in [0.1, 0.15) is 37.8 Å². The van der Waals surface area contributed by atoms with E-state index in [9.17, 15) is 0 Å². The third-order valence-corrected chi connectivity index (χ3v) is 5.52. The minimum Gasteiger partial charge on any atom is -0.384 e. The minimum absolute atomic E-state index is 0.960. The van der Waals surface area contributed by atoms with Gasteiger partial charge in [0.1, 0.15) is 0 Å². The zero-order valence-corrected chi connectivity index (χ0v) is 17.0. The molecule has 0 saturated heterocycles. The van der Waals surface area contributed by atoms with Gasteiger partial charge in [-0.1, -0.05) is 50.2 Å². The number of rotatable bonds is 9. The highest BCUT2D eigenvalue weighted by Crippen LogP contribution is 2.39. The zero-order chi connectivity index (χ0) is 19.3. The smallest absolute Gasteiger partial charge is 0.0962 e. The number of hydrogen-bond acceptors (Lipinski definition) is 3. The van der Waals surface area contributed by atoms with E-state index in [1.165, 1.54) is 59.6 Å². The summed E-state index contributed by atoms with van der Waals surface area (Å²) in [5.41, 5.74) is 8.60. The third kappa shape index (κ3) is 3.83. The molecule has 0 saturated carbocycles. The molecule has 1 heterocycles. The Balaban J connectivity index is 1.40. The third-order valence-electron chi connectivity index (χ3n) is 5.52. The highest BCUT2D eigenvalue weighted by atomic mass is 15.1. The van der Waals surface area contributed by atoms with Crippen molar-refractivity contribution in [1.29, 1.82) is 0 Å². The number of nitrogens with one attached hydrogen (secondary N) is 2. The number of fused-ring (bicyclic) bond motifs is 3. The Morgan fingerprint density at radius 1 is 0.964 bits per heavy atom. The number of benzene rings is 2. The first-order chi connectivity index (χ1) is 13.8. The molecule has 1 aliphatic rings. The van der Waals surface area contributed by atoms with Gasteiger partial charge in [0.2, 0.25) is 0 Å². The van der Waals surface area contributed by atoms with Crippen LogP contribution in [0.2, 0.25) is 0 Å². The summed E-state index contributed by atoms with van der Waals surface area (Å²) in [5, 5.41) is 11.4. The molecule has 0 radical (unpaired) electrons. The van der Waals surface area contributed by atoms with Crippen molar-refractivity contribution < 1.29 is 0 Å². The lowest BCUT2D eigenvalue weighted by molar-refractivity contribution is 0.285. The van der Waals surface area contributed by atoms with Gasteiger partial charge in [0.15, 0.2) is 0 Å². The van der Waals surface area contributed by atoms with Crippen molar-refractivity contribution in [2.45, 2.75) is 33.1 Å². The van der Waals surface area contributed by atoms with Gasteiger partial charge in [-0.15, -0.1) is 0 Å². The van der Waals surface area contributed by atoms with Crippen LogP contribution in [0.25, 0.3) is 22.5 Å². The van der Waals surface area contributed by atoms with Gasteiger partial charge in [-0.25, -0.2) is 0 Å². The lowest BCUT2D eigenvalue weighted by atomic mass is 10.1. The summed E-state index contributed by atoms with van der Waals surface area (Å²) in [6, 6.07) is 17.3. The van der Waals surface area contributed by atoms with Crippen LogP contribution >= 0.6 is 0 Å². The molecule has 146 valence electrons. The van der Waals surface area contributed by atoms with E-state index in [1.807, 2.05) is 0 Å². The van der Waals surface area contributed by atoms with Crippen molar-refractivity contribution in [2.24, 2.45) is 0 Å². The van der Waals surface area contributed by atoms with Crippen molar-refractivity contribution in [3.63, 3.8) is 0 Å². The summed E-state index contributed by atoms with van der Waals surface area (Å²) >= 11 is 0. The second kappa shape index (κ2) is 8.61. The molecule has 0 atom stereocenters. The van der Waals surface area contributed by atoms with E-state index in [-0.39, 0.29) is 0 Å². The van der Waals surface area contributed by atoms with E-state index in [1.54, 1.807) is 0 Å². The monoisotopic (exact) mass is 374 g/mol. The molecule has 4 heteroatoms. The van der Waals surface area contributed by atoms with Gasteiger partial charge in [0, 0.05) is 41.9 Å². The van der Waals surface area contributed by atoms with Gasteiger partial charge >= 0.3 is 0 Å². The Hall–Kier alpha value is -2.59. The minimum atomic E-state index is 0.960. The van der Waals surface area contributed by atoms with E-state index in [4.69, 9.17) is 0 Å². The van der Waals surface area contributed by atoms with E-state index in [0.29, 0.717) is 0 Å². The van der Waals surface area contributed by atoms with Gasteiger partial charge in [0.05, 0.1) is 11.4 Å². The number of nitrogens with zero attached hydrogens (tertiary/aromatic N) is 2. The van der Waals surface area contributed by atoms with Crippen LogP contribution in [0, 0.1) is 0 Å². The molecule has 0 bridgehead atoms. The van der Waals surface area contributed by atoms with Crippen molar-refractivity contribution in [3.8, 4) is 22.5 Å². The fourth-order valence-corrected chi connectivity index (χ4v) is 4.18. The fraction of sp³-hybridized carbons (Fsp3) is 0.375. The lowest BCUT2D eigenvalue weighted by Gasteiger charge is -2.21. The second-order valence-electron chi connectivity index (χ2n) is 7.61. The molecule has 0 spiro atoms. The van der Waals surface area contributed by atoms with Crippen LogP contribution in [0.15, 0.2) is 48.5 Å². The van der Waals surface area contributed by atoms with Crippen LogP contribution in [0.5, 0.6) is 0 Å². The zero-order valence-electron chi connectivity index (χ0n) is 17.0. The van der Waals surface area contributed by atoms with Crippen LogP contribution in [-0.2, 0) is 6.42 Å². The molecular weight excluding hydrogens is 344 g/mol. The molecule has 4 rings (SSSR count). The van der Waals surface area contributed by atoms with Crippen LogP contribution in [0.4, 0.5) is 5.69 Å². The lowest BCUT2D eigenvalue weighted by Crippen LogP contribution is -2.30.